The summed E-state index contributed by atoms with van der Waals surface area (Å²) in [6.45, 7) is 4.47. The monoisotopic (exact) mass is 300 g/mol. The van der Waals surface area contributed by atoms with Crippen molar-refractivity contribution in [3.8, 4) is 5.75 Å². The molecule has 0 aliphatic carbocycles. The van der Waals surface area contributed by atoms with E-state index in [9.17, 15) is 9.90 Å². The molecule has 0 fully saturated rings. The number of hydrogen-bond donors (Lipinski definition) is 2. The Morgan fingerprint density at radius 1 is 1.55 bits per heavy atom. The number of carbonyl (C=O) groups is 1. The first-order valence-electron chi connectivity index (χ1n) is 6.57. The SMILES string of the molecule is CCOc1c(Cl)cccc1NC(=O)N(C)CCC(C)O. The number of urea groups is 1. The van der Waals surface area contributed by atoms with Gasteiger partial charge in [0, 0.05) is 13.6 Å². The van der Waals surface area contributed by atoms with Gasteiger partial charge in [-0.2, -0.15) is 0 Å². The number of aliphatic hydroxyl groups is 1. The van der Waals surface area contributed by atoms with E-state index in [1.54, 1.807) is 32.2 Å². The van der Waals surface area contributed by atoms with Crippen LogP contribution < -0.4 is 10.1 Å². The Morgan fingerprint density at radius 2 is 2.25 bits per heavy atom. The summed E-state index contributed by atoms with van der Waals surface area (Å²) in [5, 5.41) is 12.4. The topological polar surface area (TPSA) is 61.8 Å². The second-order valence-corrected chi connectivity index (χ2v) is 4.95. The van der Waals surface area contributed by atoms with Gasteiger partial charge >= 0.3 is 6.03 Å². The molecule has 1 unspecified atom stereocenters. The molecule has 112 valence electrons. The van der Waals surface area contributed by atoms with E-state index in [0.29, 0.717) is 36.0 Å². The van der Waals surface area contributed by atoms with Crippen molar-refractivity contribution in [2.75, 3.05) is 25.5 Å². The molecule has 6 heteroatoms. The van der Waals surface area contributed by atoms with Crippen molar-refractivity contribution in [3.05, 3.63) is 23.2 Å². The number of benzene rings is 1. The fraction of sp³-hybridized carbons (Fsp3) is 0.500. The maximum atomic E-state index is 12.0. The highest BCUT2D eigenvalue weighted by atomic mass is 35.5. The lowest BCUT2D eigenvalue weighted by Gasteiger charge is -2.20. The van der Waals surface area contributed by atoms with Crippen LogP contribution >= 0.6 is 11.6 Å². The highest BCUT2D eigenvalue weighted by molar-refractivity contribution is 6.32. The number of amides is 2. The lowest BCUT2D eigenvalue weighted by Crippen LogP contribution is -2.33. The highest BCUT2D eigenvalue weighted by Crippen LogP contribution is 2.32. The molecule has 0 aliphatic heterocycles. The molecule has 1 atom stereocenters. The van der Waals surface area contributed by atoms with Crippen molar-refractivity contribution < 1.29 is 14.6 Å². The summed E-state index contributed by atoms with van der Waals surface area (Å²) in [5.74, 6) is 0.467. The number of para-hydroxylation sites is 1. The predicted octanol–water partition coefficient (Wildman–Crippen LogP) is 2.97. The van der Waals surface area contributed by atoms with E-state index in [1.807, 2.05) is 6.92 Å². The van der Waals surface area contributed by atoms with Crippen LogP contribution in [0.5, 0.6) is 5.75 Å². The Hall–Kier alpha value is -1.46. The third-order valence-corrected chi connectivity index (χ3v) is 3.02. The molecule has 0 aliphatic rings. The van der Waals surface area contributed by atoms with Crippen LogP contribution in [-0.4, -0.2) is 42.3 Å². The molecule has 0 saturated heterocycles. The normalized spacial score (nSPS) is 11.8. The molecule has 2 N–H and O–H groups in total. The van der Waals surface area contributed by atoms with Crippen LogP contribution in [0.4, 0.5) is 10.5 Å². The molecule has 0 saturated carbocycles. The Morgan fingerprint density at radius 3 is 2.85 bits per heavy atom. The summed E-state index contributed by atoms with van der Waals surface area (Å²) in [4.78, 5) is 13.5. The van der Waals surface area contributed by atoms with Gasteiger partial charge in [-0.3, -0.25) is 0 Å². The lowest BCUT2D eigenvalue weighted by atomic mass is 10.2. The highest BCUT2D eigenvalue weighted by Gasteiger charge is 2.14. The summed E-state index contributed by atoms with van der Waals surface area (Å²) in [7, 11) is 1.67. The number of ether oxygens (including phenoxy) is 1. The minimum absolute atomic E-state index is 0.270. The second kappa shape index (κ2) is 7.97. The number of aliphatic hydroxyl groups excluding tert-OH is 1. The van der Waals surface area contributed by atoms with Crippen molar-refractivity contribution in [3.63, 3.8) is 0 Å². The standard InChI is InChI=1S/C14H21ClN2O3/c1-4-20-13-11(15)6-5-7-12(13)16-14(19)17(3)9-8-10(2)18/h5-7,10,18H,4,8-9H2,1-3H3,(H,16,19). The molecule has 2 amide bonds. The van der Waals surface area contributed by atoms with Crippen molar-refractivity contribution in [2.45, 2.75) is 26.4 Å². The largest absolute Gasteiger partial charge is 0.490 e. The number of anilines is 1. The Balaban J connectivity index is 2.72. The fourth-order valence-corrected chi connectivity index (χ4v) is 1.82. The van der Waals surface area contributed by atoms with Gasteiger partial charge in [-0.15, -0.1) is 0 Å². The summed E-state index contributed by atoms with van der Waals surface area (Å²) in [5.41, 5.74) is 0.535. The predicted molar refractivity (Wildman–Crippen MR) is 80.6 cm³/mol. The van der Waals surface area contributed by atoms with E-state index in [4.69, 9.17) is 16.3 Å². The Labute approximate surface area is 124 Å². The zero-order valence-electron chi connectivity index (χ0n) is 12.0. The number of nitrogens with zero attached hydrogens (tertiary/aromatic N) is 1. The zero-order valence-corrected chi connectivity index (χ0v) is 12.8. The second-order valence-electron chi connectivity index (χ2n) is 4.54. The molecule has 1 aromatic carbocycles. The number of halogens is 1. The van der Waals surface area contributed by atoms with E-state index in [1.165, 1.54) is 4.90 Å². The van der Waals surface area contributed by atoms with Crippen LogP contribution in [0.3, 0.4) is 0 Å². The van der Waals surface area contributed by atoms with Crippen LogP contribution in [0.25, 0.3) is 0 Å². The number of hydrogen-bond acceptors (Lipinski definition) is 3. The van der Waals surface area contributed by atoms with Gasteiger partial charge in [0.15, 0.2) is 5.75 Å². The van der Waals surface area contributed by atoms with Gasteiger partial charge in [-0.05, 0) is 32.4 Å². The molecule has 0 heterocycles. The summed E-state index contributed by atoms with van der Waals surface area (Å²) >= 11 is 6.05. The van der Waals surface area contributed by atoms with Gasteiger partial charge in [-0.25, -0.2) is 4.79 Å². The van der Waals surface area contributed by atoms with Gasteiger partial charge in [0.2, 0.25) is 0 Å². The first-order valence-corrected chi connectivity index (χ1v) is 6.95. The van der Waals surface area contributed by atoms with E-state index < -0.39 is 6.10 Å². The Kier molecular flexibility index (Phi) is 6.61. The molecule has 1 aromatic rings. The third-order valence-electron chi connectivity index (χ3n) is 2.73. The number of nitrogens with one attached hydrogen (secondary N) is 1. The molecule has 0 bridgehead atoms. The molecular weight excluding hydrogens is 280 g/mol. The number of carbonyl (C=O) groups excluding carboxylic acids is 1. The van der Waals surface area contributed by atoms with Gasteiger partial charge in [0.1, 0.15) is 0 Å². The first-order chi connectivity index (χ1) is 9.45. The summed E-state index contributed by atoms with van der Waals surface area (Å²) in [6, 6.07) is 4.92. The van der Waals surface area contributed by atoms with Gasteiger partial charge in [-0.1, -0.05) is 17.7 Å². The van der Waals surface area contributed by atoms with E-state index >= 15 is 0 Å². The maximum Gasteiger partial charge on any atom is 0.321 e. The van der Waals surface area contributed by atoms with Crippen LogP contribution in [0, 0.1) is 0 Å². The van der Waals surface area contributed by atoms with Gasteiger partial charge < -0.3 is 20.1 Å². The van der Waals surface area contributed by atoms with Gasteiger partial charge in [0.05, 0.1) is 23.4 Å². The minimum atomic E-state index is -0.435. The minimum Gasteiger partial charge on any atom is -0.490 e. The van der Waals surface area contributed by atoms with E-state index in [0.717, 1.165) is 0 Å². The van der Waals surface area contributed by atoms with Gasteiger partial charge in [0.25, 0.3) is 0 Å². The molecule has 0 radical (unpaired) electrons. The van der Waals surface area contributed by atoms with E-state index in [2.05, 4.69) is 5.32 Å². The fourth-order valence-electron chi connectivity index (χ4n) is 1.59. The van der Waals surface area contributed by atoms with Crippen LogP contribution in [0.1, 0.15) is 20.3 Å². The van der Waals surface area contributed by atoms with Crippen molar-refractivity contribution in [2.24, 2.45) is 0 Å². The molecular formula is C14H21ClN2O3. The smallest absolute Gasteiger partial charge is 0.321 e. The average Bonchev–Trinajstić information content (AvgIpc) is 2.39. The van der Waals surface area contributed by atoms with E-state index in [-0.39, 0.29) is 6.03 Å². The zero-order chi connectivity index (χ0) is 15.1. The van der Waals surface area contributed by atoms with Crippen LogP contribution in [0.15, 0.2) is 18.2 Å². The molecule has 1 rings (SSSR count). The van der Waals surface area contributed by atoms with Crippen molar-refractivity contribution in [1.82, 2.24) is 4.90 Å². The number of rotatable bonds is 6. The average molecular weight is 301 g/mol. The maximum absolute atomic E-state index is 12.0. The molecule has 0 spiro atoms. The third kappa shape index (κ3) is 4.90. The quantitative estimate of drug-likeness (QED) is 0.849. The van der Waals surface area contributed by atoms with Crippen molar-refractivity contribution in [1.29, 1.82) is 0 Å². The van der Waals surface area contributed by atoms with Crippen LogP contribution in [-0.2, 0) is 0 Å². The summed E-state index contributed by atoms with van der Waals surface area (Å²) in [6.07, 6.45) is 0.0908. The first kappa shape index (κ1) is 16.6. The Bertz CT molecular complexity index is 452. The van der Waals surface area contributed by atoms with Crippen LogP contribution in [0.2, 0.25) is 5.02 Å². The molecule has 5 nitrogen and oxygen atoms in total. The lowest BCUT2D eigenvalue weighted by molar-refractivity contribution is 0.167. The molecule has 20 heavy (non-hydrogen) atoms. The van der Waals surface area contributed by atoms with Crippen molar-refractivity contribution >= 4 is 23.3 Å². The molecule has 0 aromatic heterocycles. The summed E-state index contributed by atoms with van der Waals surface area (Å²) < 4.78 is 5.44.